The number of benzene rings is 1. The van der Waals surface area contributed by atoms with Crippen LogP contribution >= 0.6 is 11.6 Å². The summed E-state index contributed by atoms with van der Waals surface area (Å²) < 4.78 is 4.83. The van der Waals surface area contributed by atoms with E-state index in [0.29, 0.717) is 0 Å². The highest BCUT2D eigenvalue weighted by Crippen LogP contribution is 2.35. The normalized spacial score (nSPS) is 11.7. The second-order valence-electron chi connectivity index (χ2n) is 3.46. The van der Waals surface area contributed by atoms with Crippen LogP contribution in [0.4, 0.5) is 5.69 Å². The number of hydrogen-bond acceptors (Lipinski definition) is 5. The van der Waals surface area contributed by atoms with Gasteiger partial charge in [0.1, 0.15) is 5.56 Å². The van der Waals surface area contributed by atoms with Gasteiger partial charge in [-0.25, -0.2) is 9.59 Å². The molecule has 0 aliphatic rings. The molecule has 0 aliphatic heterocycles. The third-order valence-electron chi connectivity index (χ3n) is 2.10. The molecule has 1 unspecified atom stereocenters. The highest BCUT2D eigenvalue weighted by Gasteiger charge is 2.28. The molecule has 0 saturated heterocycles. The molecule has 1 atom stereocenters. The fourth-order valence-corrected chi connectivity index (χ4v) is 1.44. The van der Waals surface area contributed by atoms with Crippen LogP contribution in [-0.2, 0) is 4.79 Å². The van der Waals surface area contributed by atoms with Crippen LogP contribution in [0.5, 0.6) is 5.75 Å². The molecule has 0 spiro atoms. The number of rotatable bonds is 5. The Bertz CT molecular complexity index is 522. The van der Waals surface area contributed by atoms with Gasteiger partial charge in [-0.05, 0) is 13.0 Å². The van der Waals surface area contributed by atoms with Crippen LogP contribution in [0.1, 0.15) is 17.3 Å². The summed E-state index contributed by atoms with van der Waals surface area (Å²) in [5, 5.41) is 28.3. The summed E-state index contributed by atoms with van der Waals surface area (Å²) in [4.78, 5) is 31.6. The molecule has 9 heteroatoms. The average Bonchev–Trinajstić information content (AvgIpc) is 2.29. The Kier molecular flexibility index (Phi) is 4.28. The monoisotopic (exact) mass is 289 g/mol. The van der Waals surface area contributed by atoms with E-state index in [1.165, 1.54) is 0 Å². The fourth-order valence-electron chi connectivity index (χ4n) is 1.22. The lowest BCUT2D eigenvalue weighted by molar-refractivity contribution is -0.386. The number of carboxylic acid groups (broad SMARTS) is 2. The maximum Gasteiger partial charge on any atom is 0.344 e. The van der Waals surface area contributed by atoms with Crippen molar-refractivity contribution in [2.75, 3.05) is 0 Å². The van der Waals surface area contributed by atoms with E-state index in [1.54, 1.807) is 0 Å². The summed E-state index contributed by atoms with van der Waals surface area (Å²) in [7, 11) is 0. The van der Waals surface area contributed by atoms with Crippen molar-refractivity contribution in [3.05, 3.63) is 32.8 Å². The van der Waals surface area contributed by atoms with E-state index in [2.05, 4.69) is 0 Å². The van der Waals surface area contributed by atoms with Crippen LogP contribution < -0.4 is 4.74 Å². The molecule has 0 radical (unpaired) electrons. The van der Waals surface area contributed by atoms with Gasteiger partial charge in [-0.3, -0.25) is 10.1 Å². The van der Waals surface area contributed by atoms with E-state index >= 15 is 0 Å². The minimum Gasteiger partial charge on any atom is -0.479 e. The van der Waals surface area contributed by atoms with Gasteiger partial charge in [-0.1, -0.05) is 11.6 Å². The minimum atomic E-state index is -1.52. The number of aliphatic carboxylic acids is 1. The number of ether oxygens (including phenoxy) is 1. The van der Waals surface area contributed by atoms with Crippen molar-refractivity contribution < 1.29 is 29.5 Å². The molecule has 0 heterocycles. The maximum absolute atomic E-state index is 11.0. The van der Waals surface area contributed by atoms with Gasteiger partial charge in [-0.15, -0.1) is 0 Å². The molecule has 2 N–H and O–H groups in total. The van der Waals surface area contributed by atoms with E-state index in [0.717, 1.165) is 19.1 Å². The van der Waals surface area contributed by atoms with Crippen LogP contribution in [0.3, 0.4) is 0 Å². The average molecular weight is 290 g/mol. The highest BCUT2D eigenvalue weighted by molar-refractivity contribution is 6.31. The largest absolute Gasteiger partial charge is 0.479 e. The third-order valence-corrected chi connectivity index (χ3v) is 2.32. The Balaban J connectivity index is 3.43. The zero-order valence-electron chi connectivity index (χ0n) is 9.49. The SMILES string of the molecule is CC(Oc1c(C(=O)O)cc(Cl)cc1[N+](=O)[O-])C(=O)O. The second-order valence-corrected chi connectivity index (χ2v) is 3.90. The van der Waals surface area contributed by atoms with Crippen molar-refractivity contribution in [3.63, 3.8) is 0 Å². The van der Waals surface area contributed by atoms with Crippen molar-refractivity contribution in [1.29, 1.82) is 0 Å². The van der Waals surface area contributed by atoms with E-state index in [-0.39, 0.29) is 5.02 Å². The summed E-state index contributed by atoms with van der Waals surface area (Å²) in [6.07, 6.45) is -1.45. The van der Waals surface area contributed by atoms with Crippen molar-refractivity contribution in [2.45, 2.75) is 13.0 Å². The van der Waals surface area contributed by atoms with E-state index in [1.807, 2.05) is 0 Å². The Morgan fingerprint density at radius 1 is 1.42 bits per heavy atom. The topological polar surface area (TPSA) is 127 Å². The van der Waals surface area contributed by atoms with E-state index in [4.69, 9.17) is 26.6 Å². The number of nitro groups is 1. The van der Waals surface area contributed by atoms with Gasteiger partial charge in [0.25, 0.3) is 0 Å². The van der Waals surface area contributed by atoms with Gasteiger partial charge >= 0.3 is 17.6 Å². The van der Waals surface area contributed by atoms with Gasteiger partial charge in [-0.2, -0.15) is 0 Å². The van der Waals surface area contributed by atoms with E-state index < -0.39 is 40.0 Å². The number of aromatic carboxylic acids is 1. The van der Waals surface area contributed by atoms with E-state index in [9.17, 15) is 19.7 Å². The molecule has 8 nitrogen and oxygen atoms in total. The molecule has 1 aromatic rings. The molecule has 0 saturated carbocycles. The predicted molar refractivity (Wildman–Crippen MR) is 62.8 cm³/mol. The summed E-state index contributed by atoms with van der Waals surface area (Å²) >= 11 is 5.57. The molecule has 0 bridgehead atoms. The van der Waals surface area contributed by atoms with Crippen LogP contribution in [0, 0.1) is 10.1 Å². The maximum atomic E-state index is 11.0. The Morgan fingerprint density at radius 3 is 2.42 bits per heavy atom. The van der Waals surface area contributed by atoms with Crippen LogP contribution in [0.15, 0.2) is 12.1 Å². The molecule has 0 amide bonds. The zero-order valence-corrected chi connectivity index (χ0v) is 10.2. The quantitative estimate of drug-likeness (QED) is 0.625. The molecular weight excluding hydrogens is 282 g/mol. The minimum absolute atomic E-state index is 0.167. The molecule has 1 aromatic carbocycles. The Hall–Kier alpha value is -2.35. The first-order valence-electron chi connectivity index (χ1n) is 4.84. The molecule has 102 valence electrons. The summed E-state index contributed by atoms with van der Waals surface area (Å²) in [5.41, 5.74) is -1.29. The number of carbonyl (C=O) groups is 2. The second kappa shape index (κ2) is 5.53. The number of carboxylic acids is 2. The van der Waals surface area contributed by atoms with Gasteiger partial charge in [0.15, 0.2) is 6.10 Å². The van der Waals surface area contributed by atoms with Crippen molar-refractivity contribution in [1.82, 2.24) is 0 Å². The molecule has 0 fully saturated rings. The first-order valence-corrected chi connectivity index (χ1v) is 5.22. The van der Waals surface area contributed by atoms with Gasteiger partial charge < -0.3 is 14.9 Å². The number of halogens is 1. The van der Waals surface area contributed by atoms with Gasteiger partial charge in [0.2, 0.25) is 5.75 Å². The van der Waals surface area contributed by atoms with Crippen molar-refractivity contribution >= 4 is 29.2 Å². The number of hydrogen-bond donors (Lipinski definition) is 2. The fraction of sp³-hybridized carbons (Fsp3) is 0.200. The lowest BCUT2D eigenvalue weighted by atomic mass is 10.1. The van der Waals surface area contributed by atoms with Gasteiger partial charge in [0.05, 0.1) is 4.92 Å². The highest BCUT2D eigenvalue weighted by atomic mass is 35.5. The number of nitrogens with zero attached hydrogens (tertiary/aromatic N) is 1. The molecular formula is C10H8ClNO7. The first kappa shape index (κ1) is 14.7. The van der Waals surface area contributed by atoms with Gasteiger partial charge in [0, 0.05) is 11.1 Å². The molecule has 19 heavy (non-hydrogen) atoms. The predicted octanol–water partition coefficient (Wildman–Crippen LogP) is 1.80. The lowest BCUT2D eigenvalue weighted by Gasteiger charge is -2.13. The Morgan fingerprint density at radius 2 is 2.00 bits per heavy atom. The standard InChI is InChI=1S/C10H8ClNO7/c1-4(9(13)14)19-8-6(10(15)16)2-5(11)3-7(8)12(17)18/h2-4H,1H3,(H,13,14)(H,15,16). The molecule has 1 rings (SSSR count). The summed E-state index contributed by atoms with van der Waals surface area (Å²) in [6, 6.07) is 1.83. The molecule has 0 aliphatic carbocycles. The van der Waals surface area contributed by atoms with Crippen LogP contribution in [0.25, 0.3) is 0 Å². The summed E-state index contributed by atoms with van der Waals surface area (Å²) in [5.74, 6) is -3.55. The smallest absolute Gasteiger partial charge is 0.344 e. The summed E-state index contributed by atoms with van der Waals surface area (Å²) in [6.45, 7) is 1.12. The number of nitro benzene ring substituents is 1. The van der Waals surface area contributed by atoms with Crippen molar-refractivity contribution in [2.24, 2.45) is 0 Å². The Labute approximate surface area is 111 Å². The van der Waals surface area contributed by atoms with Crippen LogP contribution in [0.2, 0.25) is 5.02 Å². The first-order chi connectivity index (χ1) is 8.73. The zero-order chi connectivity index (χ0) is 14.7. The third kappa shape index (κ3) is 3.32. The van der Waals surface area contributed by atoms with Crippen molar-refractivity contribution in [3.8, 4) is 5.75 Å². The lowest BCUT2D eigenvalue weighted by Crippen LogP contribution is -2.24. The molecule has 0 aromatic heterocycles. The van der Waals surface area contributed by atoms with Crippen LogP contribution in [-0.4, -0.2) is 33.2 Å².